The maximum atomic E-state index is 11.8. The molecule has 3 rings (SSSR count). The maximum absolute atomic E-state index is 11.8. The molecule has 0 radical (unpaired) electrons. The summed E-state index contributed by atoms with van der Waals surface area (Å²) in [7, 11) is -0.810. The fourth-order valence-electron chi connectivity index (χ4n) is 3.54. The summed E-state index contributed by atoms with van der Waals surface area (Å²) in [5.41, 5.74) is 3.52. The van der Waals surface area contributed by atoms with E-state index in [9.17, 15) is 4.79 Å². The molecule has 1 nitrogen and oxygen atoms in total. The van der Waals surface area contributed by atoms with Crippen LogP contribution >= 0.6 is 7.92 Å². The largest absolute Gasteiger partial charge is 0.298 e. The van der Waals surface area contributed by atoms with E-state index in [1.165, 1.54) is 21.7 Å². The van der Waals surface area contributed by atoms with Gasteiger partial charge in [-0.15, -0.1) is 0 Å². The van der Waals surface area contributed by atoms with Gasteiger partial charge >= 0.3 is 0 Å². The second-order valence-electron chi connectivity index (χ2n) is 7.44. The molecule has 0 aromatic heterocycles. The van der Waals surface area contributed by atoms with Gasteiger partial charge in [0.05, 0.1) is 0 Å². The van der Waals surface area contributed by atoms with Gasteiger partial charge in [0, 0.05) is 5.56 Å². The van der Waals surface area contributed by atoms with Crippen LogP contribution in [0.3, 0.4) is 0 Å². The topological polar surface area (TPSA) is 17.1 Å². The van der Waals surface area contributed by atoms with E-state index in [2.05, 4.69) is 82.3 Å². The Bertz CT molecular complexity index is 875. The van der Waals surface area contributed by atoms with Gasteiger partial charge in [0.15, 0.2) is 6.29 Å². The van der Waals surface area contributed by atoms with E-state index in [4.69, 9.17) is 0 Å². The lowest BCUT2D eigenvalue weighted by Crippen LogP contribution is -2.28. The fourth-order valence-corrected chi connectivity index (χ4v) is 6.59. The van der Waals surface area contributed by atoms with Crippen molar-refractivity contribution in [3.05, 3.63) is 89.5 Å². The molecule has 0 saturated heterocycles. The summed E-state index contributed by atoms with van der Waals surface area (Å²) in [4.78, 5) is 11.8. The number of benzene rings is 3. The van der Waals surface area contributed by atoms with Gasteiger partial charge in [0.2, 0.25) is 0 Å². The van der Waals surface area contributed by atoms with E-state index in [1.807, 2.05) is 18.2 Å². The molecule has 3 aromatic rings. The molecule has 0 aliphatic rings. The van der Waals surface area contributed by atoms with Crippen molar-refractivity contribution < 1.29 is 4.79 Å². The van der Waals surface area contributed by atoms with Crippen LogP contribution in [0.1, 0.15) is 61.0 Å². The van der Waals surface area contributed by atoms with Gasteiger partial charge in [-0.3, -0.25) is 4.79 Å². The zero-order valence-corrected chi connectivity index (χ0v) is 17.4. The fraction of sp³-hybridized carbons (Fsp3) is 0.240. The zero-order chi connectivity index (χ0) is 19.4. The Hall–Kier alpha value is -2.24. The van der Waals surface area contributed by atoms with Gasteiger partial charge in [-0.1, -0.05) is 100 Å². The molecule has 0 N–H and O–H groups in total. The molecule has 0 unspecified atom stereocenters. The van der Waals surface area contributed by atoms with Crippen molar-refractivity contribution in [2.45, 2.75) is 39.5 Å². The van der Waals surface area contributed by atoms with E-state index in [0.717, 1.165) is 17.2 Å². The highest BCUT2D eigenvalue weighted by atomic mass is 31.1. The van der Waals surface area contributed by atoms with Crippen LogP contribution in [0, 0.1) is 0 Å². The van der Waals surface area contributed by atoms with Crippen molar-refractivity contribution in [3.8, 4) is 0 Å². The normalized spacial score (nSPS) is 11.4. The molecule has 0 bridgehead atoms. The van der Waals surface area contributed by atoms with E-state index in [-0.39, 0.29) is 0 Å². The van der Waals surface area contributed by atoms with Gasteiger partial charge in [0.1, 0.15) is 0 Å². The molecule has 27 heavy (non-hydrogen) atoms. The van der Waals surface area contributed by atoms with Crippen LogP contribution in [0.2, 0.25) is 0 Å². The van der Waals surface area contributed by atoms with Crippen LogP contribution in [0.15, 0.2) is 72.8 Å². The molecule has 0 atom stereocenters. The number of rotatable bonds is 6. The molecule has 0 aliphatic carbocycles. The molecule has 0 aliphatic heterocycles. The van der Waals surface area contributed by atoms with Crippen LogP contribution in [-0.2, 0) is 0 Å². The molecule has 2 heteroatoms. The molecule has 0 heterocycles. The summed E-state index contributed by atoms with van der Waals surface area (Å²) in [5, 5.41) is 3.85. The van der Waals surface area contributed by atoms with Crippen molar-refractivity contribution in [2.75, 3.05) is 0 Å². The van der Waals surface area contributed by atoms with Gasteiger partial charge in [-0.25, -0.2) is 0 Å². The van der Waals surface area contributed by atoms with Crippen molar-refractivity contribution in [3.63, 3.8) is 0 Å². The van der Waals surface area contributed by atoms with E-state index in [1.54, 1.807) is 0 Å². The third-order valence-corrected chi connectivity index (χ3v) is 7.57. The molecule has 3 aromatic carbocycles. The zero-order valence-electron chi connectivity index (χ0n) is 16.5. The second kappa shape index (κ2) is 8.63. The Balaban J connectivity index is 2.35. The molecule has 138 valence electrons. The molecule has 0 fully saturated rings. The average Bonchev–Trinajstić information content (AvgIpc) is 2.69. The highest BCUT2D eigenvalue weighted by Crippen LogP contribution is 2.39. The van der Waals surface area contributed by atoms with Crippen molar-refractivity contribution in [2.24, 2.45) is 0 Å². The number of hydrogen-bond acceptors (Lipinski definition) is 1. The van der Waals surface area contributed by atoms with E-state index in [0.29, 0.717) is 11.8 Å². The molecular formula is C25H27OP. The first-order valence-corrected chi connectivity index (χ1v) is 10.9. The highest BCUT2D eigenvalue weighted by Gasteiger charge is 2.25. The molecule has 0 spiro atoms. The lowest BCUT2D eigenvalue weighted by atomic mass is 10.0. The third-order valence-electron chi connectivity index (χ3n) is 4.90. The first-order chi connectivity index (χ1) is 13.0. The summed E-state index contributed by atoms with van der Waals surface area (Å²) in [6, 6.07) is 25.5. The second-order valence-corrected chi connectivity index (χ2v) is 9.56. The number of aldehydes is 1. The number of carbonyl (C=O) groups excluding carboxylic acids is 1. The smallest absolute Gasteiger partial charge is 0.150 e. The van der Waals surface area contributed by atoms with Crippen LogP contribution in [0.25, 0.3) is 0 Å². The lowest BCUT2D eigenvalue weighted by molar-refractivity contribution is 0.112. The van der Waals surface area contributed by atoms with Crippen molar-refractivity contribution >= 4 is 30.1 Å². The maximum Gasteiger partial charge on any atom is 0.150 e. The van der Waals surface area contributed by atoms with Gasteiger partial charge < -0.3 is 0 Å². The predicted octanol–water partition coefficient (Wildman–Crippen LogP) is 5.50. The Kier molecular flexibility index (Phi) is 6.24. The number of hydrogen-bond donors (Lipinski definition) is 0. The molecule has 0 saturated carbocycles. The molecular weight excluding hydrogens is 347 g/mol. The summed E-state index contributed by atoms with van der Waals surface area (Å²) >= 11 is 0. The quantitative estimate of drug-likeness (QED) is 0.411. The van der Waals surface area contributed by atoms with Gasteiger partial charge in [-0.05, 0) is 46.8 Å². The predicted molar refractivity (Wildman–Crippen MR) is 119 cm³/mol. The van der Waals surface area contributed by atoms with Gasteiger partial charge in [0.25, 0.3) is 0 Å². The Morgan fingerprint density at radius 2 is 1.04 bits per heavy atom. The minimum Gasteiger partial charge on any atom is -0.298 e. The standard InChI is InChI=1S/C25H27OP/c1-18(2)21-12-6-9-15-24(21)27(23-14-8-5-11-20(23)17-26)25-16-10-7-13-22(25)19(3)4/h5-19H,1-4H3. The monoisotopic (exact) mass is 374 g/mol. The lowest BCUT2D eigenvalue weighted by Gasteiger charge is -2.27. The summed E-state index contributed by atoms with van der Waals surface area (Å²) in [6.07, 6.45) is 1.00. The Morgan fingerprint density at radius 3 is 1.48 bits per heavy atom. The van der Waals surface area contributed by atoms with Crippen LogP contribution < -0.4 is 15.9 Å². The summed E-state index contributed by atoms with van der Waals surface area (Å²) < 4.78 is 0. The first-order valence-electron chi connectivity index (χ1n) is 9.56. The average molecular weight is 374 g/mol. The van der Waals surface area contributed by atoms with E-state index < -0.39 is 7.92 Å². The number of carbonyl (C=O) groups is 1. The third kappa shape index (κ3) is 4.04. The minimum absolute atomic E-state index is 0.431. The van der Waals surface area contributed by atoms with Gasteiger partial charge in [-0.2, -0.15) is 0 Å². The molecule has 0 amide bonds. The van der Waals surface area contributed by atoms with Crippen LogP contribution in [0.5, 0.6) is 0 Å². The minimum atomic E-state index is -0.810. The summed E-state index contributed by atoms with van der Waals surface area (Å²) in [6.45, 7) is 8.97. The summed E-state index contributed by atoms with van der Waals surface area (Å²) in [5.74, 6) is 0.863. The first kappa shape index (κ1) is 19.5. The Labute approximate surface area is 164 Å². The Morgan fingerprint density at radius 1 is 0.630 bits per heavy atom. The van der Waals surface area contributed by atoms with Crippen molar-refractivity contribution in [1.29, 1.82) is 0 Å². The van der Waals surface area contributed by atoms with E-state index >= 15 is 0 Å². The van der Waals surface area contributed by atoms with Crippen LogP contribution in [-0.4, -0.2) is 6.29 Å². The van der Waals surface area contributed by atoms with Crippen LogP contribution in [0.4, 0.5) is 0 Å². The SMILES string of the molecule is CC(C)c1ccccc1P(c1ccccc1C=O)c1ccccc1C(C)C. The van der Waals surface area contributed by atoms with Crippen molar-refractivity contribution in [1.82, 2.24) is 0 Å². The highest BCUT2D eigenvalue weighted by molar-refractivity contribution is 7.80.